The molecule has 0 atom stereocenters. The van der Waals surface area contributed by atoms with E-state index in [0.717, 1.165) is 33.2 Å². The molecule has 1 aliphatic rings. The second kappa shape index (κ2) is 9.49. The van der Waals surface area contributed by atoms with Gasteiger partial charge in [0.1, 0.15) is 15.7 Å². The largest absolute Gasteiger partial charge is 0.370 e. The van der Waals surface area contributed by atoms with Crippen LogP contribution in [0.15, 0.2) is 65.7 Å². The summed E-state index contributed by atoms with van der Waals surface area (Å²) in [5.74, 6) is 1.14. The minimum absolute atomic E-state index is 0.0420. The van der Waals surface area contributed by atoms with Crippen molar-refractivity contribution in [2.45, 2.75) is 43.9 Å². The first kappa shape index (κ1) is 23.0. The van der Waals surface area contributed by atoms with Crippen LogP contribution in [-0.2, 0) is 29.0 Å². The number of para-hydroxylation sites is 1. The van der Waals surface area contributed by atoms with Gasteiger partial charge in [0, 0.05) is 35.8 Å². The summed E-state index contributed by atoms with van der Waals surface area (Å²) < 4.78 is 6.06. The van der Waals surface area contributed by atoms with E-state index in [1.165, 1.54) is 27.8 Å². The molecule has 0 unspecified atom stereocenters. The Balaban J connectivity index is 1.48. The molecule has 34 heavy (non-hydrogen) atoms. The number of nitrogens with zero attached hydrogens (tertiary/aromatic N) is 3. The van der Waals surface area contributed by atoms with Crippen LogP contribution in [0.1, 0.15) is 35.7 Å². The highest BCUT2D eigenvalue weighted by molar-refractivity contribution is 8.00. The number of benzene rings is 2. The van der Waals surface area contributed by atoms with Crippen molar-refractivity contribution in [3.05, 3.63) is 82.5 Å². The maximum absolute atomic E-state index is 13.0. The molecule has 1 aliphatic heterocycles. The third-order valence-electron chi connectivity index (χ3n) is 6.00. The van der Waals surface area contributed by atoms with Gasteiger partial charge < -0.3 is 9.64 Å². The average Bonchev–Trinajstić information content (AvgIpc) is 3.19. The summed E-state index contributed by atoms with van der Waals surface area (Å²) >= 11 is 3.20. The third-order valence-corrected chi connectivity index (χ3v) is 8.06. The Hall–Kier alpha value is -2.74. The van der Waals surface area contributed by atoms with E-state index in [1.54, 1.807) is 16.2 Å². The standard InChI is InChI=1S/C27H27N3O2S2/c1-27(2)15-20-21(16-32-27)34-26-24(20)25(28-22(29-26)14-18-10-6-4-7-11-18)33-17-23(31)30(3)19-12-8-5-9-13-19/h4-13H,14-17H2,1-3H3. The maximum Gasteiger partial charge on any atom is 0.237 e. The van der Waals surface area contributed by atoms with E-state index < -0.39 is 0 Å². The fourth-order valence-electron chi connectivity index (χ4n) is 4.14. The lowest BCUT2D eigenvalue weighted by Crippen LogP contribution is -2.31. The number of hydrogen-bond donors (Lipinski definition) is 0. The highest BCUT2D eigenvalue weighted by atomic mass is 32.2. The first-order valence-corrected chi connectivity index (χ1v) is 13.1. The van der Waals surface area contributed by atoms with Crippen LogP contribution in [0.25, 0.3) is 10.2 Å². The minimum Gasteiger partial charge on any atom is -0.370 e. The van der Waals surface area contributed by atoms with Gasteiger partial charge in [0.15, 0.2) is 0 Å². The van der Waals surface area contributed by atoms with E-state index in [4.69, 9.17) is 14.7 Å². The number of thioether (sulfide) groups is 1. The van der Waals surface area contributed by atoms with Crippen molar-refractivity contribution in [2.75, 3.05) is 17.7 Å². The van der Waals surface area contributed by atoms with Gasteiger partial charge in [0.05, 0.1) is 18.0 Å². The van der Waals surface area contributed by atoms with E-state index in [0.29, 0.717) is 18.8 Å². The van der Waals surface area contributed by atoms with E-state index in [9.17, 15) is 4.79 Å². The minimum atomic E-state index is -0.227. The molecule has 0 spiro atoms. The molecule has 0 N–H and O–H groups in total. The fourth-order valence-corrected chi connectivity index (χ4v) is 6.31. The highest BCUT2D eigenvalue weighted by Crippen LogP contribution is 2.41. The Morgan fingerprint density at radius 3 is 2.53 bits per heavy atom. The SMILES string of the molecule is CN(C(=O)CSc1nc(Cc2ccccc2)nc2sc3c(c12)CC(C)(C)OC3)c1ccccc1. The summed E-state index contributed by atoms with van der Waals surface area (Å²) in [5, 5.41) is 1.98. The third kappa shape index (κ3) is 4.87. The number of ether oxygens (including phenoxy) is 1. The zero-order valence-electron chi connectivity index (χ0n) is 19.6. The highest BCUT2D eigenvalue weighted by Gasteiger charge is 2.31. The summed E-state index contributed by atoms with van der Waals surface area (Å²) in [5.41, 5.74) is 3.10. The van der Waals surface area contributed by atoms with Crippen molar-refractivity contribution in [2.24, 2.45) is 0 Å². The zero-order chi connectivity index (χ0) is 23.7. The van der Waals surface area contributed by atoms with Crippen LogP contribution in [-0.4, -0.2) is 34.3 Å². The van der Waals surface area contributed by atoms with Crippen molar-refractivity contribution < 1.29 is 9.53 Å². The van der Waals surface area contributed by atoms with Gasteiger partial charge in [-0.1, -0.05) is 60.3 Å². The summed E-state index contributed by atoms with van der Waals surface area (Å²) in [6.45, 7) is 4.83. The first-order chi connectivity index (χ1) is 16.4. The van der Waals surface area contributed by atoms with Crippen LogP contribution in [0.2, 0.25) is 0 Å². The number of fused-ring (bicyclic) bond motifs is 3. The van der Waals surface area contributed by atoms with Crippen LogP contribution in [0, 0.1) is 0 Å². The number of amides is 1. The Labute approximate surface area is 208 Å². The Kier molecular flexibility index (Phi) is 6.42. The molecular formula is C27H27N3O2S2. The molecule has 2 aromatic carbocycles. The van der Waals surface area contributed by atoms with Gasteiger partial charge in [-0.2, -0.15) is 0 Å². The number of thiophene rings is 1. The van der Waals surface area contributed by atoms with Gasteiger partial charge in [-0.05, 0) is 37.1 Å². The molecule has 1 amide bonds. The molecule has 3 heterocycles. The van der Waals surface area contributed by atoms with Crippen LogP contribution < -0.4 is 4.90 Å². The molecule has 0 fully saturated rings. The average molecular weight is 490 g/mol. The Bertz CT molecular complexity index is 1320. The van der Waals surface area contributed by atoms with Crippen molar-refractivity contribution in [1.29, 1.82) is 0 Å². The molecule has 0 aliphatic carbocycles. The normalized spacial score (nSPS) is 14.7. The molecule has 5 rings (SSSR count). The van der Waals surface area contributed by atoms with Crippen molar-refractivity contribution in [3.63, 3.8) is 0 Å². The number of carbonyl (C=O) groups excluding carboxylic acids is 1. The van der Waals surface area contributed by atoms with Crippen molar-refractivity contribution in [1.82, 2.24) is 9.97 Å². The molecule has 0 saturated heterocycles. The number of hydrogen-bond acceptors (Lipinski definition) is 6. The summed E-state index contributed by atoms with van der Waals surface area (Å²) in [6, 6.07) is 20.0. The van der Waals surface area contributed by atoms with Crippen LogP contribution in [0.5, 0.6) is 0 Å². The monoisotopic (exact) mass is 489 g/mol. The smallest absolute Gasteiger partial charge is 0.237 e. The molecule has 2 aromatic heterocycles. The van der Waals surface area contributed by atoms with Crippen LogP contribution in [0.3, 0.4) is 0 Å². The van der Waals surface area contributed by atoms with E-state index in [-0.39, 0.29) is 11.5 Å². The predicted octanol–water partition coefficient (Wildman–Crippen LogP) is 5.89. The van der Waals surface area contributed by atoms with E-state index >= 15 is 0 Å². The summed E-state index contributed by atoms with van der Waals surface area (Å²) in [6.07, 6.45) is 1.47. The predicted molar refractivity (Wildman–Crippen MR) is 140 cm³/mol. The number of carbonyl (C=O) groups is 1. The van der Waals surface area contributed by atoms with Crippen molar-refractivity contribution in [3.8, 4) is 0 Å². The fraction of sp³-hybridized carbons (Fsp3) is 0.296. The van der Waals surface area contributed by atoms with Gasteiger partial charge >= 0.3 is 0 Å². The van der Waals surface area contributed by atoms with Crippen LogP contribution in [0.4, 0.5) is 5.69 Å². The Morgan fingerprint density at radius 2 is 1.79 bits per heavy atom. The quantitative estimate of drug-likeness (QED) is 0.250. The van der Waals surface area contributed by atoms with Gasteiger partial charge in [-0.25, -0.2) is 9.97 Å². The lowest BCUT2D eigenvalue weighted by molar-refractivity contribution is -0.115. The second-order valence-electron chi connectivity index (χ2n) is 9.09. The van der Waals surface area contributed by atoms with E-state index in [2.05, 4.69) is 26.0 Å². The van der Waals surface area contributed by atoms with E-state index in [1.807, 2.05) is 55.6 Å². The van der Waals surface area contributed by atoms with Crippen LogP contribution >= 0.6 is 23.1 Å². The van der Waals surface area contributed by atoms with Crippen molar-refractivity contribution >= 4 is 44.9 Å². The zero-order valence-corrected chi connectivity index (χ0v) is 21.2. The lowest BCUT2D eigenvalue weighted by atomic mass is 9.94. The lowest BCUT2D eigenvalue weighted by Gasteiger charge is -2.30. The Morgan fingerprint density at radius 1 is 1.09 bits per heavy atom. The first-order valence-electron chi connectivity index (χ1n) is 11.3. The molecule has 0 radical (unpaired) electrons. The summed E-state index contributed by atoms with van der Waals surface area (Å²) in [4.78, 5) is 26.8. The second-order valence-corrected chi connectivity index (χ2v) is 11.1. The number of rotatable bonds is 6. The molecule has 0 saturated carbocycles. The topological polar surface area (TPSA) is 55.3 Å². The molecule has 7 heteroatoms. The molecular weight excluding hydrogens is 462 g/mol. The number of aromatic nitrogens is 2. The summed E-state index contributed by atoms with van der Waals surface area (Å²) in [7, 11) is 1.82. The van der Waals surface area contributed by atoms with Gasteiger partial charge in [0.25, 0.3) is 0 Å². The number of anilines is 1. The van der Waals surface area contributed by atoms with Gasteiger partial charge in [-0.15, -0.1) is 11.3 Å². The molecule has 174 valence electrons. The van der Waals surface area contributed by atoms with Gasteiger partial charge in [0.2, 0.25) is 5.91 Å². The molecule has 4 aromatic rings. The molecule has 0 bridgehead atoms. The maximum atomic E-state index is 13.0. The van der Waals surface area contributed by atoms with Gasteiger partial charge in [-0.3, -0.25) is 4.79 Å². The molecule has 5 nitrogen and oxygen atoms in total.